The first-order chi connectivity index (χ1) is 20.8. The third kappa shape index (κ3) is 10.8. The van der Waals surface area contributed by atoms with Crippen LogP contribution in [0.2, 0.25) is 0 Å². The number of hydrogen-bond acceptors (Lipinski definition) is 14. The lowest BCUT2D eigenvalue weighted by Gasteiger charge is -2.17. The molecule has 1 aliphatic rings. The molecule has 43 heavy (non-hydrogen) atoms. The molecule has 15 nitrogen and oxygen atoms in total. The summed E-state index contributed by atoms with van der Waals surface area (Å²) in [4.78, 5) is 34.7. The number of carbonyl (C=O) groups is 1. The van der Waals surface area contributed by atoms with E-state index in [1.807, 2.05) is 0 Å². The molecule has 2 aromatic heterocycles. The summed E-state index contributed by atoms with van der Waals surface area (Å²) < 4.78 is 46.9. The number of ether oxygens (including phenoxy) is 5. The number of carbonyl (C=O) groups excluding carboxylic acids is 1. The number of hydrogen-bond donors (Lipinski definition) is 3. The molecule has 1 saturated heterocycles. The molecule has 3 heterocycles. The van der Waals surface area contributed by atoms with E-state index in [4.69, 9.17) is 39.7 Å². The van der Waals surface area contributed by atoms with Crippen LogP contribution >= 0.6 is 18.2 Å². The third-order valence-electron chi connectivity index (χ3n) is 6.21. The van der Waals surface area contributed by atoms with Crippen LogP contribution < -0.4 is 16.2 Å². The van der Waals surface area contributed by atoms with Crippen LogP contribution in [0.15, 0.2) is 36.9 Å². The first kappa shape index (κ1) is 33.2. The predicted molar refractivity (Wildman–Crippen MR) is 158 cm³/mol. The first-order valence-corrected chi connectivity index (χ1v) is 16.9. The molecule has 1 aliphatic heterocycles. The lowest BCUT2D eigenvalue weighted by molar-refractivity contribution is -0.140. The number of imidazole rings is 1. The highest BCUT2D eigenvalue weighted by atomic mass is 32.7. The van der Waals surface area contributed by atoms with Gasteiger partial charge < -0.3 is 40.0 Å². The van der Waals surface area contributed by atoms with Crippen molar-refractivity contribution >= 4 is 41.1 Å². The Bertz CT molecular complexity index is 1350. The van der Waals surface area contributed by atoms with E-state index in [1.165, 1.54) is 6.33 Å². The van der Waals surface area contributed by atoms with E-state index in [-0.39, 0.29) is 43.7 Å². The van der Waals surface area contributed by atoms with Crippen molar-refractivity contribution in [2.45, 2.75) is 37.3 Å². The minimum Gasteiger partial charge on any atom is -0.425 e. The van der Waals surface area contributed by atoms with E-state index < -0.39 is 12.8 Å². The number of aromatic nitrogens is 4. The van der Waals surface area contributed by atoms with Gasteiger partial charge in [0.05, 0.1) is 45.5 Å². The minimum atomic E-state index is -3.94. The van der Waals surface area contributed by atoms with E-state index in [1.54, 1.807) is 35.2 Å². The maximum atomic E-state index is 12.6. The maximum absolute atomic E-state index is 12.6. The normalized spacial score (nSPS) is 18.2. The fourth-order valence-corrected chi connectivity index (χ4v) is 6.34. The number of nitrogens with two attached hydrogens (primary N) is 2. The summed E-state index contributed by atoms with van der Waals surface area (Å²) in [5, 5.41) is 0. The summed E-state index contributed by atoms with van der Waals surface area (Å²) in [5.41, 5.74) is 13.1. The van der Waals surface area contributed by atoms with Crippen LogP contribution in [0.3, 0.4) is 0 Å². The van der Waals surface area contributed by atoms with Gasteiger partial charge in [0.15, 0.2) is 11.5 Å². The molecule has 1 aromatic carbocycles. The maximum Gasteiger partial charge on any atom is 0.386 e. The minimum absolute atomic E-state index is 0.0340. The van der Waals surface area contributed by atoms with Gasteiger partial charge >= 0.3 is 12.8 Å². The van der Waals surface area contributed by atoms with Crippen molar-refractivity contribution in [3.63, 3.8) is 0 Å². The van der Waals surface area contributed by atoms with Crippen molar-refractivity contribution in [1.82, 2.24) is 19.5 Å². The highest BCUT2D eigenvalue weighted by Crippen LogP contribution is 2.57. The second-order valence-corrected chi connectivity index (χ2v) is 13.3. The second-order valence-electron chi connectivity index (χ2n) is 9.45. The molecule has 0 radical (unpaired) electrons. The lowest BCUT2D eigenvalue weighted by Crippen LogP contribution is -2.18. The van der Waals surface area contributed by atoms with Gasteiger partial charge in [-0.05, 0) is 54.9 Å². The number of benzene rings is 1. The molecule has 5 N–H and O–H groups in total. The SMILES string of the molecule is NCCCOCCOCCOCC(=O)Oc1ccc(CSP(=O)(O)OC[C@@H]2CC[C@H](n3cnc4c(N)ncnc43)O2)cc1. The number of nitrogens with zero attached hydrogens (tertiary/aromatic N) is 4. The molecule has 0 amide bonds. The summed E-state index contributed by atoms with van der Waals surface area (Å²) >= 11 is 0.796. The summed E-state index contributed by atoms with van der Waals surface area (Å²) in [6.07, 6.45) is 4.37. The van der Waals surface area contributed by atoms with Gasteiger partial charge in [0.25, 0.3) is 0 Å². The number of nitrogen functional groups attached to an aromatic ring is 1. The van der Waals surface area contributed by atoms with Gasteiger partial charge in [-0.2, -0.15) is 0 Å². The second kappa shape index (κ2) is 17.0. The molecule has 0 spiro atoms. The van der Waals surface area contributed by atoms with Gasteiger partial charge in [-0.3, -0.25) is 9.09 Å². The van der Waals surface area contributed by atoms with Gasteiger partial charge in [0, 0.05) is 12.4 Å². The standard InChI is InChI=1S/C26H37N6O9PS/c27-8-1-9-36-10-11-37-12-13-38-15-23(33)41-20-4-2-19(3-5-20)16-43-42(34,35)39-14-21-6-7-22(40-21)32-18-31-24-25(28)29-17-30-26(24)32/h2-5,17-18,21-22H,1,6-16,27H2,(H,34,35)(H2,28,29,30)/t21-,22+/m0/s1. The van der Waals surface area contributed by atoms with Crippen LogP contribution in [0.25, 0.3) is 11.2 Å². The summed E-state index contributed by atoms with van der Waals surface area (Å²) in [6, 6.07) is 6.62. The first-order valence-electron chi connectivity index (χ1n) is 13.8. The number of fused-ring (bicyclic) bond motifs is 1. The fourth-order valence-electron chi connectivity index (χ4n) is 4.06. The molecule has 17 heteroatoms. The zero-order valence-corrected chi connectivity index (χ0v) is 25.3. The van der Waals surface area contributed by atoms with Gasteiger partial charge in [0.2, 0.25) is 0 Å². The molecule has 3 aromatic rings. The number of anilines is 1. The molecule has 0 saturated carbocycles. The molecule has 4 rings (SSSR count). The van der Waals surface area contributed by atoms with Gasteiger partial charge in [-0.15, -0.1) is 0 Å². The lowest BCUT2D eigenvalue weighted by atomic mass is 10.2. The Kier molecular flexibility index (Phi) is 13.1. The summed E-state index contributed by atoms with van der Waals surface area (Å²) in [6.45, 7) is -1.49. The van der Waals surface area contributed by atoms with Gasteiger partial charge in [-0.25, -0.2) is 24.3 Å². The highest BCUT2D eigenvalue weighted by Gasteiger charge is 2.31. The fraction of sp³-hybridized carbons (Fsp3) is 0.538. The Labute approximate surface area is 252 Å². The highest BCUT2D eigenvalue weighted by molar-refractivity contribution is 8.54. The van der Waals surface area contributed by atoms with Crippen molar-refractivity contribution in [3.05, 3.63) is 42.5 Å². The Hall–Kier alpha value is -2.66. The smallest absolute Gasteiger partial charge is 0.386 e. The van der Waals surface area contributed by atoms with E-state index in [0.29, 0.717) is 62.7 Å². The summed E-state index contributed by atoms with van der Waals surface area (Å²) in [5.74, 6) is 0.300. The van der Waals surface area contributed by atoms with Crippen molar-refractivity contribution in [2.75, 3.05) is 58.5 Å². The average Bonchev–Trinajstić information content (AvgIpc) is 3.65. The molecule has 0 aliphatic carbocycles. The van der Waals surface area contributed by atoms with Crippen LogP contribution in [0.4, 0.5) is 5.82 Å². The molecular formula is C26H37N6O9PS. The van der Waals surface area contributed by atoms with Crippen LogP contribution in [-0.4, -0.2) is 89.3 Å². The quantitative estimate of drug-likeness (QED) is 0.0745. The third-order valence-corrected chi connectivity index (χ3v) is 9.16. The van der Waals surface area contributed by atoms with Crippen LogP contribution in [0.1, 0.15) is 31.1 Å². The molecule has 3 atom stereocenters. The Balaban J connectivity index is 1.09. The van der Waals surface area contributed by atoms with Crippen molar-refractivity contribution in [3.8, 4) is 5.75 Å². The average molecular weight is 641 g/mol. The molecule has 236 valence electrons. The van der Waals surface area contributed by atoms with Crippen LogP contribution in [0.5, 0.6) is 5.75 Å². The largest absolute Gasteiger partial charge is 0.425 e. The number of rotatable bonds is 19. The van der Waals surface area contributed by atoms with Crippen LogP contribution in [0, 0.1) is 0 Å². The van der Waals surface area contributed by atoms with Crippen molar-refractivity contribution in [1.29, 1.82) is 0 Å². The van der Waals surface area contributed by atoms with Gasteiger partial charge in [-0.1, -0.05) is 12.1 Å². The van der Waals surface area contributed by atoms with E-state index in [0.717, 1.165) is 23.4 Å². The van der Waals surface area contributed by atoms with Gasteiger partial charge in [0.1, 0.15) is 30.4 Å². The number of esters is 1. The Morgan fingerprint density at radius 3 is 2.58 bits per heavy atom. The van der Waals surface area contributed by atoms with E-state index in [2.05, 4.69) is 15.0 Å². The topological polar surface area (TPSA) is 205 Å². The van der Waals surface area contributed by atoms with E-state index in [9.17, 15) is 14.3 Å². The predicted octanol–water partition coefficient (Wildman–Crippen LogP) is 2.44. The molecule has 1 fully saturated rings. The zero-order valence-electron chi connectivity index (χ0n) is 23.6. The Morgan fingerprint density at radius 2 is 1.81 bits per heavy atom. The monoisotopic (exact) mass is 640 g/mol. The summed E-state index contributed by atoms with van der Waals surface area (Å²) in [7, 11) is 0. The Morgan fingerprint density at radius 1 is 1.07 bits per heavy atom. The van der Waals surface area contributed by atoms with E-state index >= 15 is 0 Å². The van der Waals surface area contributed by atoms with Crippen LogP contribution in [-0.2, 0) is 38.6 Å². The molecule has 1 unspecified atom stereocenters. The molecular weight excluding hydrogens is 603 g/mol. The molecule has 0 bridgehead atoms. The van der Waals surface area contributed by atoms with Crippen molar-refractivity contribution < 1.29 is 42.5 Å². The zero-order chi connectivity index (χ0) is 30.5. The van der Waals surface area contributed by atoms with Crippen molar-refractivity contribution in [2.24, 2.45) is 5.73 Å².